The highest BCUT2D eigenvalue weighted by atomic mass is 16.5. The maximum absolute atomic E-state index is 9.75. The second-order valence-corrected chi connectivity index (χ2v) is 5.32. The molecule has 1 heterocycles. The number of anilines is 1. The zero-order valence-corrected chi connectivity index (χ0v) is 11.1. The van der Waals surface area contributed by atoms with E-state index in [1.54, 1.807) is 13.3 Å². The number of nitrogens with one attached hydrogen (secondary N) is 1. The van der Waals surface area contributed by atoms with Crippen molar-refractivity contribution in [2.24, 2.45) is 5.92 Å². The number of nitrogens with zero attached hydrogens (tertiary/aromatic N) is 1. The normalized spacial score (nSPS) is 27.8. The van der Waals surface area contributed by atoms with Gasteiger partial charge < -0.3 is 15.2 Å². The molecule has 1 saturated carbocycles. The van der Waals surface area contributed by atoms with Crippen molar-refractivity contribution >= 4 is 5.82 Å². The van der Waals surface area contributed by atoms with Crippen molar-refractivity contribution in [3.05, 3.63) is 18.3 Å². The molecule has 0 amide bonds. The first-order valence-corrected chi connectivity index (χ1v) is 6.57. The summed E-state index contributed by atoms with van der Waals surface area (Å²) in [4.78, 5) is 4.31. The molecule has 2 unspecified atom stereocenters. The van der Waals surface area contributed by atoms with Gasteiger partial charge in [-0.3, -0.25) is 0 Å². The minimum atomic E-state index is -0.251. The molecule has 1 aromatic heterocycles. The summed E-state index contributed by atoms with van der Waals surface area (Å²) in [5, 5.41) is 13.2. The molecule has 100 valence electrons. The lowest BCUT2D eigenvalue weighted by molar-refractivity contribution is 0.149. The molecular weight excluding hydrogens is 228 g/mol. The summed E-state index contributed by atoms with van der Waals surface area (Å²) in [7, 11) is 1.64. The molecule has 1 fully saturated rings. The lowest BCUT2D eigenvalue weighted by Gasteiger charge is -2.40. The standard InChI is InChI=1S/C14H22N2O2/c1-11-5-3-7-14(9-11,10-17)16-13-12(18-2)6-4-8-15-13/h4,6,8,11,17H,3,5,7,9-10H2,1-2H3,(H,15,16). The van der Waals surface area contributed by atoms with E-state index in [4.69, 9.17) is 4.74 Å². The number of hydrogen-bond acceptors (Lipinski definition) is 4. The minimum Gasteiger partial charge on any atom is -0.493 e. The first kappa shape index (κ1) is 13.1. The predicted octanol–water partition coefficient (Wildman–Crippen LogP) is 2.44. The minimum absolute atomic E-state index is 0.136. The number of pyridine rings is 1. The average molecular weight is 250 g/mol. The first-order chi connectivity index (χ1) is 8.69. The Balaban J connectivity index is 2.19. The Labute approximate surface area is 108 Å². The van der Waals surface area contributed by atoms with Gasteiger partial charge in [-0.25, -0.2) is 4.98 Å². The van der Waals surface area contributed by atoms with Crippen LogP contribution < -0.4 is 10.1 Å². The predicted molar refractivity (Wildman–Crippen MR) is 71.9 cm³/mol. The van der Waals surface area contributed by atoms with Crippen LogP contribution in [-0.4, -0.2) is 29.3 Å². The van der Waals surface area contributed by atoms with Gasteiger partial charge in [0.05, 0.1) is 19.3 Å². The Kier molecular flexibility index (Phi) is 4.07. The summed E-state index contributed by atoms with van der Waals surface area (Å²) in [6.45, 7) is 2.37. The third kappa shape index (κ3) is 2.75. The summed E-state index contributed by atoms with van der Waals surface area (Å²) in [6.07, 6.45) is 6.08. The third-order valence-corrected chi connectivity index (χ3v) is 3.77. The lowest BCUT2D eigenvalue weighted by atomic mass is 9.77. The number of ether oxygens (including phenoxy) is 1. The Morgan fingerprint density at radius 3 is 3.11 bits per heavy atom. The number of hydrogen-bond donors (Lipinski definition) is 2. The SMILES string of the molecule is COc1cccnc1NC1(CO)CCCC(C)C1. The van der Waals surface area contributed by atoms with Gasteiger partial charge in [0.1, 0.15) is 0 Å². The highest BCUT2D eigenvalue weighted by Gasteiger charge is 2.35. The van der Waals surface area contributed by atoms with E-state index in [0.29, 0.717) is 5.92 Å². The molecule has 2 rings (SSSR count). The molecule has 4 nitrogen and oxygen atoms in total. The van der Waals surface area contributed by atoms with Gasteiger partial charge in [0.15, 0.2) is 11.6 Å². The largest absolute Gasteiger partial charge is 0.493 e. The van der Waals surface area contributed by atoms with Crippen molar-refractivity contribution in [2.45, 2.75) is 38.1 Å². The molecule has 1 aliphatic rings. The molecule has 2 N–H and O–H groups in total. The van der Waals surface area contributed by atoms with Gasteiger partial charge in [-0.15, -0.1) is 0 Å². The van der Waals surface area contributed by atoms with Crippen molar-refractivity contribution in [3.63, 3.8) is 0 Å². The topological polar surface area (TPSA) is 54.4 Å². The average Bonchev–Trinajstić information content (AvgIpc) is 2.39. The van der Waals surface area contributed by atoms with Gasteiger partial charge >= 0.3 is 0 Å². The highest BCUT2D eigenvalue weighted by Crippen LogP contribution is 2.36. The molecule has 1 aromatic rings. The lowest BCUT2D eigenvalue weighted by Crippen LogP contribution is -2.46. The van der Waals surface area contributed by atoms with Crippen LogP contribution in [0.4, 0.5) is 5.82 Å². The Morgan fingerprint density at radius 1 is 1.61 bits per heavy atom. The fourth-order valence-electron chi connectivity index (χ4n) is 2.86. The van der Waals surface area contributed by atoms with E-state index in [2.05, 4.69) is 17.2 Å². The number of rotatable bonds is 4. The Bertz CT molecular complexity index is 397. The first-order valence-electron chi connectivity index (χ1n) is 6.57. The zero-order chi connectivity index (χ0) is 13.0. The van der Waals surface area contributed by atoms with Gasteiger partial charge in [0, 0.05) is 6.20 Å². The summed E-state index contributed by atoms with van der Waals surface area (Å²) in [6, 6.07) is 3.73. The van der Waals surface area contributed by atoms with Gasteiger partial charge in [0.25, 0.3) is 0 Å². The van der Waals surface area contributed by atoms with Gasteiger partial charge in [-0.05, 0) is 30.9 Å². The van der Waals surface area contributed by atoms with Crippen LogP contribution in [0.1, 0.15) is 32.6 Å². The van der Waals surface area contributed by atoms with Crippen LogP contribution in [0.15, 0.2) is 18.3 Å². The third-order valence-electron chi connectivity index (χ3n) is 3.77. The molecule has 0 aliphatic heterocycles. The van der Waals surface area contributed by atoms with E-state index in [-0.39, 0.29) is 12.1 Å². The van der Waals surface area contributed by atoms with Crippen LogP contribution >= 0.6 is 0 Å². The van der Waals surface area contributed by atoms with Crippen molar-refractivity contribution in [1.29, 1.82) is 0 Å². The van der Waals surface area contributed by atoms with E-state index >= 15 is 0 Å². The molecule has 2 atom stereocenters. The Morgan fingerprint density at radius 2 is 2.44 bits per heavy atom. The maximum atomic E-state index is 9.75. The smallest absolute Gasteiger partial charge is 0.169 e. The van der Waals surface area contributed by atoms with Crippen molar-refractivity contribution in [3.8, 4) is 5.75 Å². The fourth-order valence-corrected chi connectivity index (χ4v) is 2.86. The van der Waals surface area contributed by atoms with Crippen LogP contribution in [0.25, 0.3) is 0 Å². The van der Waals surface area contributed by atoms with Gasteiger partial charge in [-0.1, -0.05) is 19.8 Å². The van der Waals surface area contributed by atoms with E-state index in [9.17, 15) is 5.11 Å². The Hall–Kier alpha value is -1.29. The van der Waals surface area contributed by atoms with Crippen LogP contribution in [0.3, 0.4) is 0 Å². The van der Waals surface area contributed by atoms with Crippen molar-refractivity contribution < 1.29 is 9.84 Å². The van der Waals surface area contributed by atoms with Crippen LogP contribution in [0, 0.1) is 5.92 Å². The molecule has 0 aromatic carbocycles. The van der Waals surface area contributed by atoms with Gasteiger partial charge in [0.2, 0.25) is 0 Å². The van der Waals surface area contributed by atoms with Crippen LogP contribution in [0.2, 0.25) is 0 Å². The summed E-state index contributed by atoms with van der Waals surface area (Å²) in [5.41, 5.74) is -0.251. The number of aliphatic hydroxyl groups excluding tert-OH is 1. The maximum Gasteiger partial charge on any atom is 0.169 e. The molecule has 18 heavy (non-hydrogen) atoms. The van der Waals surface area contributed by atoms with E-state index in [0.717, 1.165) is 30.8 Å². The summed E-state index contributed by atoms with van der Waals surface area (Å²) in [5.74, 6) is 2.08. The molecule has 0 saturated heterocycles. The van der Waals surface area contributed by atoms with E-state index in [1.165, 1.54) is 6.42 Å². The molecule has 0 radical (unpaired) electrons. The molecule has 0 bridgehead atoms. The fraction of sp³-hybridized carbons (Fsp3) is 0.643. The van der Waals surface area contributed by atoms with Crippen molar-refractivity contribution in [2.75, 3.05) is 19.0 Å². The second-order valence-electron chi connectivity index (χ2n) is 5.32. The number of methoxy groups -OCH3 is 1. The zero-order valence-electron chi connectivity index (χ0n) is 11.1. The molecule has 1 aliphatic carbocycles. The second kappa shape index (κ2) is 5.57. The summed E-state index contributed by atoms with van der Waals surface area (Å²) >= 11 is 0. The monoisotopic (exact) mass is 250 g/mol. The van der Waals surface area contributed by atoms with Crippen LogP contribution in [0.5, 0.6) is 5.75 Å². The van der Waals surface area contributed by atoms with E-state index < -0.39 is 0 Å². The molecular formula is C14H22N2O2. The van der Waals surface area contributed by atoms with Gasteiger partial charge in [-0.2, -0.15) is 0 Å². The van der Waals surface area contributed by atoms with Crippen molar-refractivity contribution in [1.82, 2.24) is 4.98 Å². The number of aromatic nitrogens is 1. The molecule has 4 heteroatoms. The number of aliphatic hydroxyl groups is 1. The summed E-state index contributed by atoms with van der Waals surface area (Å²) < 4.78 is 5.30. The quantitative estimate of drug-likeness (QED) is 0.862. The van der Waals surface area contributed by atoms with Crippen LogP contribution in [-0.2, 0) is 0 Å². The molecule has 0 spiro atoms. The highest BCUT2D eigenvalue weighted by molar-refractivity contribution is 5.51. The van der Waals surface area contributed by atoms with E-state index in [1.807, 2.05) is 12.1 Å².